The molecule has 1 saturated heterocycles. The van der Waals surface area contributed by atoms with Crippen LogP contribution in [0.3, 0.4) is 0 Å². The van der Waals surface area contributed by atoms with Crippen LogP contribution in [0.25, 0.3) is 0 Å². The quantitative estimate of drug-likeness (QED) is 0.450. The molecule has 1 aliphatic heterocycles. The van der Waals surface area contributed by atoms with Crippen molar-refractivity contribution in [3.63, 3.8) is 0 Å². The summed E-state index contributed by atoms with van der Waals surface area (Å²) in [5.41, 5.74) is 1.17. The van der Waals surface area contributed by atoms with E-state index in [2.05, 4.69) is 17.2 Å². The van der Waals surface area contributed by atoms with Gasteiger partial charge in [0.05, 0.1) is 0 Å². The van der Waals surface area contributed by atoms with E-state index in [9.17, 15) is 14.4 Å². The van der Waals surface area contributed by atoms with E-state index in [0.717, 1.165) is 5.57 Å². The molecule has 1 heterocycles. The maximum Gasteiger partial charge on any atom is 0.251 e. The van der Waals surface area contributed by atoms with Gasteiger partial charge in [-0.2, -0.15) is 0 Å². The lowest BCUT2D eigenvalue weighted by molar-refractivity contribution is -0.136. The molecule has 0 aliphatic carbocycles. The predicted molar refractivity (Wildman–Crippen MR) is 72.0 cm³/mol. The third kappa shape index (κ3) is 4.54. The second-order valence-electron chi connectivity index (χ2n) is 4.42. The summed E-state index contributed by atoms with van der Waals surface area (Å²) in [5, 5.41) is 4.81. The fourth-order valence-electron chi connectivity index (χ4n) is 1.71. The molecule has 5 heteroatoms. The van der Waals surface area contributed by atoms with Crippen LogP contribution in [0.5, 0.6) is 0 Å². The van der Waals surface area contributed by atoms with Crippen LogP contribution in [0, 0.1) is 0 Å². The number of carbonyl (C=O) groups excluding carboxylic acids is 3. The minimum Gasteiger partial charge on any atom is -0.340 e. The molecule has 3 amide bonds. The van der Waals surface area contributed by atoms with Crippen molar-refractivity contribution in [1.29, 1.82) is 0 Å². The Morgan fingerprint density at radius 3 is 2.68 bits per heavy atom. The van der Waals surface area contributed by atoms with E-state index in [-0.39, 0.29) is 18.2 Å². The monoisotopic (exact) mass is 262 g/mol. The van der Waals surface area contributed by atoms with Crippen LogP contribution in [0.1, 0.15) is 26.7 Å². The molecule has 1 atom stereocenters. The van der Waals surface area contributed by atoms with Crippen LogP contribution >= 0.6 is 0 Å². The summed E-state index contributed by atoms with van der Waals surface area (Å²) in [6, 6.07) is -0.663. The molecule has 1 fully saturated rings. The summed E-state index contributed by atoms with van der Waals surface area (Å²) >= 11 is 0. The lowest BCUT2D eigenvalue weighted by Gasteiger charge is -2.22. The van der Waals surface area contributed by atoms with Gasteiger partial charge in [-0.3, -0.25) is 19.7 Å². The van der Waals surface area contributed by atoms with Crippen LogP contribution < -0.4 is 10.6 Å². The van der Waals surface area contributed by atoms with E-state index in [1.54, 1.807) is 32.1 Å². The second kappa shape index (κ2) is 6.68. The van der Waals surface area contributed by atoms with Crippen molar-refractivity contribution in [2.24, 2.45) is 0 Å². The summed E-state index contributed by atoms with van der Waals surface area (Å²) in [6.07, 6.45) is 5.59. The van der Waals surface area contributed by atoms with Crippen LogP contribution in [0.4, 0.5) is 0 Å². The van der Waals surface area contributed by atoms with Crippen molar-refractivity contribution in [2.45, 2.75) is 32.7 Å². The first kappa shape index (κ1) is 14.9. The minimum absolute atomic E-state index is 0.236. The van der Waals surface area contributed by atoms with Crippen molar-refractivity contribution in [2.75, 3.05) is 0 Å². The highest BCUT2D eigenvalue weighted by Crippen LogP contribution is 2.08. The smallest absolute Gasteiger partial charge is 0.251 e. The van der Waals surface area contributed by atoms with Gasteiger partial charge in [0, 0.05) is 12.0 Å². The van der Waals surface area contributed by atoms with Gasteiger partial charge in [0.25, 0.3) is 5.91 Å². The van der Waals surface area contributed by atoms with Gasteiger partial charge < -0.3 is 5.32 Å². The third-order valence-electron chi connectivity index (χ3n) is 2.55. The maximum absolute atomic E-state index is 12.0. The van der Waals surface area contributed by atoms with Gasteiger partial charge in [0.2, 0.25) is 11.8 Å². The van der Waals surface area contributed by atoms with Gasteiger partial charge in [-0.25, -0.2) is 0 Å². The lowest BCUT2D eigenvalue weighted by Crippen LogP contribution is -2.52. The number of allylic oxidation sites excluding steroid dienone is 3. The number of nitrogens with one attached hydrogen (secondary N) is 2. The average molecular weight is 262 g/mol. The Hall–Kier alpha value is -2.17. The molecule has 1 rings (SSSR count). The van der Waals surface area contributed by atoms with Gasteiger partial charge in [0.1, 0.15) is 6.04 Å². The summed E-state index contributed by atoms with van der Waals surface area (Å²) in [4.78, 5) is 34.6. The Morgan fingerprint density at radius 2 is 2.16 bits per heavy atom. The minimum atomic E-state index is -0.663. The topological polar surface area (TPSA) is 75.3 Å². The predicted octanol–water partition coefficient (Wildman–Crippen LogP) is 0.986. The van der Waals surface area contributed by atoms with E-state index in [1.807, 2.05) is 0 Å². The lowest BCUT2D eigenvalue weighted by atomic mass is 10.0. The van der Waals surface area contributed by atoms with Crippen LogP contribution in [0.2, 0.25) is 0 Å². The molecule has 5 nitrogen and oxygen atoms in total. The van der Waals surface area contributed by atoms with E-state index in [1.165, 1.54) is 0 Å². The van der Waals surface area contributed by atoms with Crippen molar-refractivity contribution >= 4 is 17.7 Å². The first-order valence-electron chi connectivity index (χ1n) is 6.08. The Kier molecular flexibility index (Phi) is 5.23. The molecule has 0 aromatic carbocycles. The van der Waals surface area contributed by atoms with Crippen LogP contribution in [-0.4, -0.2) is 23.8 Å². The highest BCUT2D eigenvalue weighted by Gasteiger charge is 2.28. The number of hydrogen-bond acceptors (Lipinski definition) is 3. The molecule has 0 spiro atoms. The number of rotatable bonds is 4. The first-order valence-corrected chi connectivity index (χ1v) is 6.08. The number of imide groups is 1. The second-order valence-corrected chi connectivity index (χ2v) is 4.42. The Labute approximate surface area is 112 Å². The maximum atomic E-state index is 12.0. The normalized spacial score (nSPS) is 20.3. The Morgan fingerprint density at radius 1 is 1.47 bits per heavy atom. The molecule has 19 heavy (non-hydrogen) atoms. The first-order chi connectivity index (χ1) is 8.93. The van der Waals surface area contributed by atoms with Gasteiger partial charge in [-0.05, 0) is 26.3 Å². The van der Waals surface area contributed by atoms with Gasteiger partial charge in [0.15, 0.2) is 0 Å². The van der Waals surface area contributed by atoms with Gasteiger partial charge in [-0.1, -0.05) is 24.3 Å². The van der Waals surface area contributed by atoms with Crippen LogP contribution in [0.15, 0.2) is 36.0 Å². The van der Waals surface area contributed by atoms with Crippen molar-refractivity contribution in [3.05, 3.63) is 36.0 Å². The number of piperidine rings is 1. The van der Waals surface area contributed by atoms with Crippen molar-refractivity contribution in [3.8, 4) is 0 Å². The average Bonchev–Trinajstić information content (AvgIpc) is 2.31. The fraction of sp³-hybridized carbons (Fsp3) is 0.357. The van der Waals surface area contributed by atoms with E-state index < -0.39 is 11.9 Å². The number of amides is 3. The zero-order valence-corrected chi connectivity index (χ0v) is 11.2. The molecule has 0 radical (unpaired) electrons. The molecule has 0 bridgehead atoms. The SMILES string of the molecule is C=C(C)/C=C(\C=CC)C(=O)NC1CCC(=O)NC1=O. The molecular formula is C14H18N2O3. The third-order valence-corrected chi connectivity index (χ3v) is 2.55. The summed E-state index contributed by atoms with van der Waals surface area (Å²) in [7, 11) is 0. The molecule has 102 valence electrons. The molecule has 0 saturated carbocycles. The summed E-state index contributed by atoms with van der Waals surface area (Å²) in [6.45, 7) is 7.29. The largest absolute Gasteiger partial charge is 0.340 e. The zero-order valence-electron chi connectivity index (χ0n) is 11.2. The molecular weight excluding hydrogens is 244 g/mol. The van der Waals surface area contributed by atoms with Crippen molar-refractivity contribution < 1.29 is 14.4 Å². The zero-order chi connectivity index (χ0) is 14.4. The Balaban J connectivity index is 2.75. The summed E-state index contributed by atoms with van der Waals surface area (Å²) < 4.78 is 0. The number of hydrogen-bond donors (Lipinski definition) is 2. The molecule has 0 aromatic heterocycles. The highest BCUT2D eigenvalue weighted by molar-refractivity contribution is 6.04. The summed E-state index contributed by atoms with van der Waals surface area (Å²) in [5.74, 6) is -1.11. The Bertz CT molecular complexity index is 475. The van der Waals surface area contributed by atoms with E-state index in [0.29, 0.717) is 12.0 Å². The van der Waals surface area contributed by atoms with E-state index in [4.69, 9.17) is 0 Å². The highest BCUT2D eigenvalue weighted by atomic mass is 16.2. The van der Waals surface area contributed by atoms with Gasteiger partial charge in [-0.15, -0.1) is 0 Å². The number of carbonyl (C=O) groups is 3. The molecule has 0 aromatic rings. The van der Waals surface area contributed by atoms with Crippen molar-refractivity contribution in [1.82, 2.24) is 10.6 Å². The molecule has 1 unspecified atom stereocenters. The fourth-order valence-corrected chi connectivity index (χ4v) is 1.71. The van der Waals surface area contributed by atoms with Crippen LogP contribution in [-0.2, 0) is 14.4 Å². The standard InChI is InChI=1S/C14H18N2O3/c1-4-5-10(8-9(2)3)13(18)15-11-6-7-12(17)16-14(11)19/h4-5,8,11H,2,6-7H2,1,3H3,(H,15,18)(H,16,17,19)/b5-4?,10-8+. The molecule has 1 aliphatic rings. The van der Waals surface area contributed by atoms with E-state index >= 15 is 0 Å². The molecule has 2 N–H and O–H groups in total. The van der Waals surface area contributed by atoms with Gasteiger partial charge >= 0.3 is 0 Å².